The molecular weight excluding hydrogens is 448 g/mol. The molecule has 3 aromatic rings. The van der Waals surface area contributed by atoms with Gasteiger partial charge in [-0.2, -0.15) is 12.6 Å². The number of amides is 3. The first-order valence-electron chi connectivity index (χ1n) is 11.2. The molecule has 172 valence electrons. The monoisotopic (exact) mass is 472 g/mol. The van der Waals surface area contributed by atoms with Crippen LogP contribution in [0.5, 0.6) is 0 Å². The van der Waals surface area contributed by atoms with E-state index in [0.717, 1.165) is 27.8 Å². The summed E-state index contributed by atoms with van der Waals surface area (Å²) in [4.78, 5) is 41.7. The van der Waals surface area contributed by atoms with Gasteiger partial charge in [0.1, 0.15) is 12.6 Å². The number of hydrogen-bond donors (Lipinski definition) is 2. The van der Waals surface area contributed by atoms with E-state index in [1.807, 2.05) is 78.9 Å². The van der Waals surface area contributed by atoms with Crippen molar-refractivity contribution < 1.29 is 19.5 Å². The summed E-state index contributed by atoms with van der Waals surface area (Å²) in [6.07, 6.45) is 0.452. The summed E-state index contributed by atoms with van der Waals surface area (Å²) in [6.45, 7) is -0.544. The molecule has 7 heteroatoms. The van der Waals surface area contributed by atoms with Gasteiger partial charge in [0.25, 0.3) is 5.91 Å². The topological polar surface area (TPSA) is 77.9 Å². The second-order valence-electron chi connectivity index (χ2n) is 8.64. The zero-order valence-electron chi connectivity index (χ0n) is 18.4. The molecule has 34 heavy (non-hydrogen) atoms. The summed E-state index contributed by atoms with van der Waals surface area (Å²) >= 11 is 4.45. The molecule has 6 nitrogen and oxygen atoms in total. The van der Waals surface area contributed by atoms with Crippen molar-refractivity contribution in [1.82, 2.24) is 9.80 Å². The molecule has 3 amide bonds. The quantitative estimate of drug-likeness (QED) is 0.402. The Hall–Kier alpha value is -3.58. The fourth-order valence-electron chi connectivity index (χ4n) is 5.26. The molecule has 2 aliphatic rings. The van der Waals surface area contributed by atoms with Gasteiger partial charge in [0.2, 0.25) is 0 Å². The fraction of sp³-hybridized carbons (Fsp3) is 0.222. The van der Waals surface area contributed by atoms with Gasteiger partial charge in [-0.1, -0.05) is 78.9 Å². The Morgan fingerprint density at radius 1 is 0.882 bits per heavy atom. The lowest BCUT2D eigenvalue weighted by atomic mass is 9.88. The van der Waals surface area contributed by atoms with Crippen LogP contribution in [0.4, 0.5) is 4.79 Å². The molecule has 0 bridgehead atoms. The van der Waals surface area contributed by atoms with Crippen LogP contribution in [-0.4, -0.2) is 57.2 Å². The summed E-state index contributed by atoms with van der Waals surface area (Å²) in [6, 6.07) is 23.2. The fourth-order valence-corrected chi connectivity index (χ4v) is 5.55. The third-order valence-corrected chi connectivity index (χ3v) is 7.09. The summed E-state index contributed by atoms with van der Waals surface area (Å²) in [7, 11) is 0. The Morgan fingerprint density at radius 2 is 1.44 bits per heavy atom. The molecule has 2 atom stereocenters. The van der Waals surface area contributed by atoms with Crippen LogP contribution in [0.1, 0.15) is 22.6 Å². The molecule has 3 aromatic carbocycles. The number of hydrogen-bond acceptors (Lipinski definition) is 4. The van der Waals surface area contributed by atoms with Crippen molar-refractivity contribution in [3.05, 3.63) is 95.6 Å². The number of carboxylic acid groups (broad SMARTS) is 1. The van der Waals surface area contributed by atoms with E-state index in [2.05, 4.69) is 12.6 Å². The lowest BCUT2D eigenvalue weighted by Crippen LogP contribution is -2.44. The number of carboxylic acids is 1. The predicted octanol–water partition coefficient (Wildman–Crippen LogP) is 4.06. The first-order chi connectivity index (χ1) is 16.5. The number of benzene rings is 3. The van der Waals surface area contributed by atoms with E-state index in [0.29, 0.717) is 6.42 Å². The van der Waals surface area contributed by atoms with E-state index in [4.69, 9.17) is 0 Å². The number of aliphatic carboxylic acids is 1. The average Bonchev–Trinajstić information content (AvgIpc) is 3.29. The number of fused-ring (bicyclic) bond motifs is 3. The predicted molar refractivity (Wildman–Crippen MR) is 132 cm³/mol. The van der Waals surface area contributed by atoms with Gasteiger partial charge in [-0.05, 0) is 34.2 Å². The summed E-state index contributed by atoms with van der Waals surface area (Å²) in [5.74, 6) is -1.70. The molecular formula is C27H24N2O4S. The highest BCUT2D eigenvalue weighted by Crippen LogP contribution is 2.48. The van der Waals surface area contributed by atoms with Crippen LogP contribution in [-0.2, 0) is 16.0 Å². The minimum atomic E-state index is -1.15. The van der Waals surface area contributed by atoms with Gasteiger partial charge >= 0.3 is 12.0 Å². The van der Waals surface area contributed by atoms with Crippen LogP contribution in [0.3, 0.4) is 0 Å². The van der Waals surface area contributed by atoms with Crippen LogP contribution in [0.15, 0.2) is 78.9 Å². The molecule has 5 rings (SSSR count). The molecule has 1 saturated heterocycles. The first kappa shape index (κ1) is 22.2. The summed E-state index contributed by atoms with van der Waals surface area (Å²) in [5.41, 5.74) is 4.85. The second-order valence-corrected chi connectivity index (χ2v) is 9.00. The Labute approximate surface area is 203 Å². The Bertz CT molecular complexity index is 1220. The largest absolute Gasteiger partial charge is 0.480 e. The van der Waals surface area contributed by atoms with Gasteiger partial charge in [-0.25, -0.2) is 4.79 Å². The van der Waals surface area contributed by atoms with Crippen LogP contribution in [0.2, 0.25) is 0 Å². The maximum Gasteiger partial charge on any atom is 0.328 e. The SMILES string of the molecule is O=C(O)CN1C(=O)N(C(CS)Cc2ccccc2)C(=O)C1C1c2ccccc2-c2ccccc21. The van der Waals surface area contributed by atoms with Gasteiger partial charge < -0.3 is 10.0 Å². The molecule has 1 aliphatic heterocycles. The number of imide groups is 1. The number of nitrogens with zero attached hydrogens (tertiary/aromatic N) is 2. The highest BCUT2D eigenvalue weighted by molar-refractivity contribution is 7.80. The number of rotatable bonds is 7. The van der Waals surface area contributed by atoms with Crippen molar-refractivity contribution in [2.24, 2.45) is 0 Å². The normalized spacial score (nSPS) is 18.2. The van der Waals surface area contributed by atoms with Crippen molar-refractivity contribution in [1.29, 1.82) is 0 Å². The minimum Gasteiger partial charge on any atom is -0.480 e. The third kappa shape index (κ3) is 3.66. The molecule has 1 aliphatic carbocycles. The van der Waals surface area contributed by atoms with Crippen LogP contribution >= 0.6 is 12.6 Å². The highest BCUT2D eigenvalue weighted by atomic mass is 32.1. The molecule has 0 spiro atoms. The van der Waals surface area contributed by atoms with Gasteiger partial charge in [-0.15, -0.1) is 0 Å². The number of carbonyl (C=O) groups excluding carboxylic acids is 2. The molecule has 1 N–H and O–H groups in total. The first-order valence-corrected chi connectivity index (χ1v) is 11.8. The maximum atomic E-state index is 13.9. The van der Waals surface area contributed by atoms with Gasteiger partial charge in [0.15, 0.2) is 0 Å². The molecule has 0 saturated carbocycles. The average molecular weight is 473 g/mol. The van der Waals surface area contributed by atoms with Crippen molar-refractivity contribution in [3.63, 3.8) is 0 Å². The summed E-state index contributed by atoms with van der Waals surface area (Å²) < 4.78 is 0. The highest BCUT2D eigenvalue weighted by Gasteiger charge is 2.53. The van der Waals surface area contributed by atoms with E-state index in [1.165, 1.54) is 9.80 Å². The van der Waals surface area contributed by atoms with E-state index in [9.17, 15) is 19.5 Å². The summed E-state index contributed by atoms with van der Waals surface area (Å²) in [5, 5.41) is 9.61. The van der Waals surface area contributed by atoms with Crippen LogP contribution in [0, 0.1) is 0 Å². The van der Waals surface area contributed by atoms with E-state index in [-0.39, 0.29) is 11.7 Å². The maximum absolute atomic E-state index is 13.9. The molecule has 1 heterocycles. The molecule has 0 radical (unpaired) electrons. The van der Waals surface area contributed by atoms with Crippen LogP contribution in [0.25, 0.3) is 11.1 Å². The molecule has 0 aromatic heterocycles. The van der Waals surface area contributed by atoms with Gasteiger partial charge in [-0.3, -0.25) is 14.5 Å². The Morgan fingerprint density at radius 3 is 2.00 bits per heavy atom. The molecule has 1 fully saturated rings. The Balaban J connectivity index is 1.58. The number of thiol groups is 1. The Kier molecular flexibility index (Phi) is 5.87. The number of carbonyl (C=O) groups is 3. The zero-order chi connectivity index (χ0) is 23.8. The van der Waals surface area contributed by atoms with E-state index < -0.39 is 36.5 Å². The minimum absolute atomic E-state index is 0.276. The second kappa shape index (κ2) is 8.99. The van der Waals surface area contributed by atoms with Gasteiger partial charge in [0, 0.05) is 11.7 Å². The van der Waals surface area contributed by atoms with Crippen molar-refractivity contribution in [2.75, 3.05) is 12.3 Å². The van der Waals surface area contributed by atoms with Gasteiger partial charge in [0.05, 0.1) is 6.04 Å². The molecule has 2 unspecified atom stereocenters. The van der Waals surface area contributed by atoms with E-state index in [1.54, 1.807) is 0 Å². The standard InChI is InChI=1S/C27H24N2O4S/c30-23(31)15-28-25(24-21-12-6-4-10-19(21)20-11-5-7-13-22(20)24)26(32)29(27(28)33)18(16-34)14-17-8-2-1-3-9-17/h1-13,18,24-25,34H,14-16H2,(H,30,31). The smallest absolute Gasteiger partial charge is 0.328 e. The van der Waals surface area contributed by atoms with Crippen molar-refractivity contribution in [2.45, 2.75) is 24.4 Å². The number of urea groups is 1. The van der Waals surface area contributed by atoms with Crippen molar-refractivity contribution >= 4 is 30.5 Å². The lowest BCUT2D eigenvalue weighted by Gasteiger charge is -2.26. The van der Waals surface area contributed by atoms with Crippen molar-refractivity contribution in [3.8, 4) is 11.1 Å². The van der Waals surface area contributed by atoms with Crippen LogP contribution < -0.4 is 0 Å². The zero-order valence-corrected chi connectivity index (χ0v) is 19.3. The lowest BCUT2D eigenvalue weighted by molar-refractivity contribution is -0.138. The third-order valence-electron chi connectivity index (χ3n) is 6.67. The van der Waals surface area contributed by atoms with E-state index >= 15 is 0 Å².